The van der Waals surface area contributed by atoms with Gasteiger partial charge in [-0.25, -0.2) is 4.39 Å². The van der Waals surface area contributed by atoms with E-state index in [1.165, 1.54) is 12.1 Å². The van der Waals surface area contributed by atoms with Gasteiger partial charge < -0.3 is 10.1 Å². The van der Waals surface area contributed by atoms with Crippen molar-refractivity contribution in [2.24, 2.45) is 0 Å². The first-order valence-electron chi connectivity index (χ1n) is 6.50. The van der Waals surface area contributed by atoms with Crippen LogP contribution in [0.5, 0.6) is 11.5 Å². The predicted molar refractivity (Wildman–Crippen MR) is 79.9 cm³/mol. The zero-order chi connectivity index (χ0) is 14.5. The molecule has 4 heteroatoms. The molecule has 0 fully saturated rings. The summed E-state index contributed by atoms with van der Waals surface area (Å²) < 4.78 is 18.4. The second-order valence-corrected chi connectivity index (χ2v) is 5.26. The zero-order valence-corrected chi connectivity index (χ0v) is 12.2. The lowest BCUT2D eigenvalue weighted by atomic mass is 10.2. The van der Waals surface area contributed by atoms with Crippen LogP contribution < -0.4 is 10.1 Å². The van der Waals surface area contributed by atoms with Crippen LogP contribution in [0.3, 0.4) is 0 Å². The van der Waals surface area contributed by atoms with Crippen LogP contribution >= 0.6 is 11.6 Å². The lowest BCUT2D eigenvalue weighted by molar-refractivity contribution is 0.480. The molecule has 1 N–H and O–H groups in total. The van der Waals surface area contributed by atoms with E-state index in [9.17, 15) is 4.39 Å². The van der Waals surface area contributed by atoms with Crippen molar-refractivity contribution >= 4 is 11.6 Å². The van der Waals surface area contributed by atoms with Crippen molar-refractivity contribution in [2.45, 2.75) is 26.4 Å². The second-order valence-electron chi connectivity index (χ2n) is 4.86. The third kappa shape index (κ3) is 4.22. The van der Waals surface area contributed by atoms with Crippen molar-refractivity contribution in [3.05, 3.63) is 58.9 Å². The maximum absolute atomic E-state index is 12.8. The fraction of sp³-hybridized carbons (Fsp3) is 0.250. The van der Waals surface area contributed by atoms with E-state index in [1.807, 2.05) is 18.2 Å². The molecule has 0 spiro atoms. The first kappa shape index (κ1) is 14.8. The summed E-state index contributed by atoms with van der Waals surface area (Å²) in [6, 6.07) is 11.9. The van der Waals surface area contributed by atoms with Crippen molar-refractivity contribution < 1.29 is 9.13 Å². The molecule has 106 valence electrons. The molecule has 2 aromatic carbocycles. The van der Waals surface area contributed by atoms with Crippen LogP contribution in [0, 0.1) is 5.82 Å². The van der Waals surface area contributed by atoms with Gasteiger partial charge in [-0.2, -0.15) is 0 Å². The molecule has 0 unspecified atom stereocenters. The van der Waals surface area contributed by atoms with E-state index in [4.69, 9.17) is 16.3 Å². The summed E-state index contributed by atoms with van der Waals surface area (Å²) in [5, 5.41) is 3.86. The van der Waals surface area contributed by atoms with Gasteiger partial charge in [-0.15, -0.1) is 0 Å². The van der Waals surface area contributed by atoms with Gasteiger partial charge in [0, 0.05) is 12.6 Å². The van der Waals surface area contributed by atoms with Crippen LogP contribution in [0.25, 0.3) is 0 Å². The zero-order valence-electron chi connectivity index (χ0n) is 11.5. The summed E-state index contributed by atoms with van der Waals surface area (Å²) in [4.78, 5) is 0. The highest BCUT2D eigenvalue weighted by molar-refractivity contribution is 6.32. The minimum Gasteiger partial charge on any atom is -0.456 e. The molecule has 2 rings (SSSR count). The molecule has 0 atom stereocenters. The van der Waals surface area contributed by atoms with E-state index in [0.717, 1.165) is 12.1 Å². The van der Waals surface area contributed by atoms with Gasteiger partial charge in [-0.3, -0.25) is 0 Å². The Hall–Kier alpha value is -1.58. The lowest BCUT2D eigenvalue weighted by Gasteiger charge is -2.11. The average molecular weight is 294 g/mol. The van der Waals surface area contributed by atoms with Crippen molar-refractivity contribution in [3.63, 3.8) is 0 Å². The molecule has 0 radical (unpaired) electrons. The SMILES string of the molecule is CC(C)NCc1ccc(Oc2ccc(F)cc2)c(Cl)c1. The van der Waals surface area contributed by atoms with Gasteiger partial charge in [0.05, 0.1) is 5.02 Å². The Bertz CT molecular complexity index is 569. The van der Waals surface area contributed by atoms with Gasteiger partial charge in [0.1, 0.15) is 17.3 Å². The number of hydrogen-bond acceptors (Lipinski definition) is 2. The molecular formula is C16H17ClFNO. The third-order valence-electron chi connectivity index (χ3n) is 2.75. The molecule has 2 nitrogen and oxygen atoms in total. The molecule has 0 heterocycles. The maximum Gasteiger partial charge on any atom is 0.146 e. The quantitative estimate of drug-likeness (QED) is 0.857. The predicted octanol–water partition coefficient (Wildman–Crippen LogP) is 4.77. The van der Waals surface area contributed by atoms with E-state index < -0.39 is 0 Å². The molecule has 0 amide bonds. The van der Waals surface area contributed by atoms with E-state index in [0.29, 0.717) is 22.6 Å². The summed E-state index contributed by atoms with van der Waals surface area (Å²) in [6.45, 7) is 4.94. The highest BCUT2D eigenvalue weighted by atomic mass is 35.5. The lowest BCUT2D eigenvalue weighted by Crippen LogP contribution is -2.21. The Balaban J connectivity index is 2.07. The van der Waals surface area contributed by atoms with Crippen LogP contribution in [0.2, 0.25) is 5.02 Å². The van der Waals surface area contributed by atoms with Crippen LogP contribution in [-0.4, -0.2) is 6.04 Å². The summed E-state index contributed by atoms with van der Waals surface area (Å²) in [7, 11) is 0. The fourth-order valence-electron chi connectivity index (χ4n) is 1.69. The first-order valence-corrected chi connectivity index (χ1v) is 6.87. The Morgan fingerprint density at radius 1 is 1.15 bits per heavy atom. The van der Waals surface area contributed by atoms with Crippen LogP contribution in [-0.2, 0) is 6.54 Å². The summed E-state index contributed by atoms with van der Waals surface area (Å²) in [6.07, 6.45) is 0. The normalized spacial score (nSPS) is 10.8. The number of hydrogen-bond donors (Lipinski definition) is 1. The Morgan fingerprint density at radius 3 is 2.45 bits per heavy atom. The van der Waals surface area contributed by atoms with Crippen molar-refractivity contribution in [3.8, 4) is 11.5 Å². The van der Waals surface area contributed by atoms with E-state index in [2.05, 4.69) is 19.2 Å². The monoisotopic (exact) mass is 293 g/mol. The van der Waals surface area contributed by atoms with Gasteiger partial charge in [-0.05, 0) is 42.0 Å². The second kappa shape index (κ2) is 6.73. The maximum atomic E-state index is 12.8. The number of nitrogens with one attached hydrogen (secondary N) is 1. The topological polar surface area (TPSA) is 21.3 Å². The molecule has 0 aliphatic carbocycles. The molecule has 0 bridgehead atoms. The Labute approximate surface area is 123 Å². The van der Waals surface area contributed by atoms with Crippen LogP contribution in [0.1, 0.15) is 19.4 Å². The number of ether oxygens (including phenoxy) is 1. The highest BCUT2D eigenvalue weighted by Gasteiger charge is 2.05. The van der Waals surface area contributed by atoms with Gasteiger partial charge in [0.25, 0.3) is 0 Å². The van der Waals surface area contributed by atoms with E-state index in [-0.39, 0.29) is 5.82 Å². The summed E-state index contributed by atoms with van der Waals surface area (Å²) in [5.74, 6) is 0.825. The largest absolute Gasteiger partial charge is 0.456 e. The molecule has 0 aliphatic rings. The molecular weight excluding hydrogens is 277 g/mol. The van der Waals surface area contributed by atoms with E-state index >= 15 is 0 Å². The standard InChI is InChI=1S/C16H17ClFNO/c1-11(2)19-10-12-3-8-16(15(17)9-12)20-14-6-4-13(18)5-7-14/h3-9,11,19H,10H2,1-2H3. The van der Waals surface area contributed by atoms with Gasteiger partial charge in [-0.1, -0.05) is 31.5 Å². The Morgan fingerprint density at radius 2 is 1.85 bits per heavy atom. The molecule has 0 saturated carbocycles. The van der Waals surface area contributed by atoms with Gasteiger partial charge >= 0.3 is 0 Å². The first-order chi connectivity index (χ1) is 9.54. The molecule has 0 saturated heterocycles. The third-order valence-corrected chi connectivity index (χ3v) is 3.05. The van der Waals surface area contributed by atoms with Gasteiger partial charge in [0.2, 0.25) is 0 Å². The highest BCUT2D eigenvalue weighted by Crippen LogP contribution is 2.30. The van der Waals surface area contributed by atoms with Crippen molar-refractivity contribution in [2.75, 3.05) is 0 Å². The molecule has 0 aromatic heterocycles. The van der Waals surface area contributed by atoms with Crippen molar-refractivity contribution in [1.82, 2.24) is 5.32 Å². The number of benzene rings is 2. The minimum atomic E-state index is -0.293. The smallest absolute Gasteiger partial charge is 0.146 e. The van der Waals surface area contributed by atoms with Crippen molar-refractivity contribution in [1.29, 1.82) is 0 Å². The van der Waals surface area contributed by atoms with Gasteiger partial charge in [0.15, 0.2) is 0 Å². The Kier molecular flexibility index (Phi) is 4.99. The molecule has 2 aromatic rings. The molecule has 20 heavy (non-hydrogen) atoms. The molecule has 0 aliphatic heterocycles. The number of rotatable bonds is 5. The van der Waals surface area contributed by atoms with Crippen LogP contribution in [0.15, 0.2) is 42.5 Å². The number of halogens is 2. The summed E-state index contributed by atoms with van der Waals surface area (Å²) >= 11 is 6.20. The summed E-state index contributed by atoms with van der Waals surface area (Å²) in [5.41, 5.74) is 1.09. The minimum absolute atomic E-state index is 0.293. The average Bonchev–Trinajstić information content (AvgIpc) is 2.41. The van der Waals surface area contributed by atoms with E-state index in [1.54, 1.807) is 12.1 Å². The van der Waals surface area contributed by atoms with Crippen LogP contribution in [0.4, 0.5) is 4.39 Å². The fourth-order valence-corrected chi connectivity index (χ4v) is 1.93.